The molecule has 3 N–H and O–H groups in total. The van der Waals surface area contributed by atoms with Gasteiger partial charge in [-0.25, -0.2) is 0 Å². The standard InChI is InChI=1S/C15H20N2O2S/c1-15(6-9-19-10-7-15)11-17-14(18)13-5-4-12(20-13)3-2-8-16/h4-5H,6-11,16H2,1H3,(H,17,18). The van der Waals surface area contributed by atoms with Crippen LogP contribution in [0.1, 0.15) is 34.3 Å². The predicted molar refractivity (Wildman–Crippen MR) is 80.7 cm³/mol. The highest BCUT2D eigenvalue weighted by Crippen LogP contribution is 2.28. The van der Waals surface area contributed by atoms with Gasteiger partial charge in [0.05, 0.1) is 16.3 Å². The van der Waals surface area contributed by atoms with Gasteiger partial charge in [0.25, 0.3) is 5.91 Å². The Morgan fingerprint density at radius 2 is 2.25 bits per heavy atom. The molecule has 1 aromatic heterocycles. The van der Waals surface area contributed by atoms with E-state index in [0.29, 0.717) is 18.0 Å². The number of carbonyl (C=O) groups is 1. The SMILES string of the molecule is CC1(CNC(=O)c2ccc(C#CCN)s2)CCOCC1. The van der Waals surface area contributed by atoms with Crippen molar-refractivity contribution in [1.29, 1.82) is 0 Å². The molecule has 0 radical (unpaired) electrons. The maximum atomic E-state index is 12.1. The van der Waals surface area contributed by atoms with Crippen molar-refractivity contribution >= 4 is 17.2 Å². The second-order valence-electron chi connectivity index (χ2n) is 5.28. The van der Waals surface area contributed by atoms with Crippen LogP contribution in [0.25, 0.3) is 0 Å². The molecular weight excluding hydrogens is 272 g/mol. The maximum absolute atomic E-state index is 12.1. The fraction of sp³-hybridized carbons (Fsp3) is 0.533. The number of carbonyl (C=O) groups excluding carboxylic acids is 1. The zero-order valence-electron chi connectivity index (χ0n) is 11.7. The summed E-state index contributed by atoms with van der Waals surface area (Å²) in [5, 5.41) is 3.02. The Morgan fingerprint density at radius 1 is 1.50 bits per heavy atom. The van der Waals surface area contributed by atoms with Crippen LogP contribution in [0, 0.1) is 17.3 Å². The molecular formula is C15H20N2O2S. The van der Waals surface area contributed by atoms with Gasteiger partial charge in [-0.15, -0.1) is 11.3 Å². The van der Waals surface area contributed by atoms with E-state index in [1.165, 1.54) is 11.3 Å². The highest BCUT2D eigenvalue weighted by atomic mass is 32.1. The average molecular weight is 292 g/mol. The summed E-state index contributed by atoms with van der Waals surface area (Å²) in [5.74, 6) is 5.70. The van der Waals surface area contributed by atoms with E-state index in [-0.39, 0.29) is 11.3 Å². The second kappa shape index (κ2) is 6.89. The Labute approximate surface area is 123 Å². The molecule has 5 heteroatoms. The van der Waals surface area contributed by atoms with Crippen LogP contribution >= 0.6 is 11.3 Å². The van der Waals surface area contributed by atoms with Crippen molar-refractivity contribution in [2.24, 2.45) is 11.1 Å². The maximum Gasteiger partial charge on any atom is 0.261 e. The monoisotopic (exact) mass is 292 g/mol. The molecule has 108 valence electrons. The first-order valence-electron chi connectivity index (χ1n) is 6.78. The van der Waals surface area contributed by atoms with Crippen molar-refractivity contribution in [1.82, 2.24) is 5.32 Å². The number of ether oxygens (including phenoxy) is 1. The zero-order chi connectivity index (χ0) is 14.4. The largest absolute Gasteiger partial charge is 0.381 e. The third-order valence-corrected chi connectivity index (χ3v) is 4.52. The molecule has 0 atom stereocenters. The van der Waals surface area contributed by atoms with Crippen LogP contribution in [-0.2, 0) is 4.74 Å². The van der Waals surface area contributed by atoms with Gasteiger partial charge in [-0.1, -0.05) is 18.8 Å². The van der Waals surface area contributed by atoms with E-state index in [1.807, 2.05) is 12.1 Å². The van der Waals surface area contributed by atoms with Crippen molar-refractivity contribution in [3.05, 3.63) is 21.9 Å². The molecule has 1 fully saturated rings. The molecule has 0 bridgehead atoms. The fourth-order valence-corrected chi connectivity index (χ4v) is 2.88. The Bertz CT molecular complexity index is 521. The lowest BCUT2D eigenvalue weighted by Crippen LogP contribution is -2.39. The van der Waals surface area contributed by atoms with Crippen LogP contribution in [0.2, 0.25) is 0 Å². The number of thiophene rings is 1. The highest BCUT2D eigenvalue weighted by Gasteiger charge is 2.27. The Hall–Kier alpha value is -1.35. The van der Waals surface area contributed by atoms with Gasteiger partial charge in [-0.2, -0.15) is 0 Å². The fourth-order valence-electron chi connectivity index (χ4n) is 2.09. The summed E-state index contributed by atoms with van der Waals surface area (Å²) >= 11 is 1.40. The first kappa shape index (κ1) is 15.0. The molecule has 4 nitrogen and oxygen atoms in total. The molecule has 1 aliphatic rings. The lowest BCUT2D eigenvalue weighted by molar-refractivity contribution is 0.0239. The van der Waals surface area contributed by atoms with Crippen molar-refractivity contribution in [3.63, 3.8) is 0 Å². The minimum atomic E-state index is -0.0245. The molecule has 1 aromatic rings. The molecule has 0 saturated carbocycles. The van der Waals surface area contributed by atoms with Crippen molar-refractivity contribution < 1.29 is 9.53 Å². The smallest absolute Gasteiger partial charge is 0.261 e. The first-order valence-corrected chi connectivity index (χ1v) is 7.59. The summed E-state index contributed by atoms with van der Waals surface area (Å²) in [6.45, 7) is 4.79. The van der Waals surface area contributed by atoms with E-state index >= 15 is 0 Å². The summed E-state index contributed by atoms with van der Waals surface area (Å²) in [6, 6.07) is 3.67. The van der Waals surface area contributed by atoms with E-state index in [1.54, 1.807) is 0 Å². The van der Waals surface area contributed by atoms with E-state index in [4.69, 9.17) is 10.5 Å². The van der Waals surface area contributed by atoms with Crippen LogP contribution < -0.4 is 11.1 Å². The number of nitrogens with one attached hydrogen (secondary N) is 1. The average Bonchev–Trinajstić information content (AvgIpc) is 2.92. The Kier molecular flexibility index (Phi) is 5.18. The van der Waals surface area contributed by atoms with Crippen molar-refractivity contribution in [2.45, 2.75) is 19.8 Å². The Balaban J connectivity index is 1.89. The highest BCUT2D eigenvalue weighted by molar-refractivity contribution is 7.14. The molecule has 0 spiro atoms. The van der Waals surface area contributed by atoms with Gasteiger partial charge in [0.1, 0.15) is 0 Å². The van der Waals surface area contributed by atoms with E-state index in [0.717, 1.165) is 30.9 Å². The lowest BCUT2D eigenvalue weighted by Gasteiger charge is -2.33. The summed E-state index contributed by atoms with van der Waals surface area (Å²) in [4.78, 5) is 13.7. The molecule has 1 aliphatic heterocycles. The number of nitrogens with two attached hydrogens (primary N) is 1. The topological polar surface area (TPSA) is 64.4 Å². The van der Waals surface area contributed by atoms with Crippen LogP contribution in [0.3, 0.4) is 0 Å². The summed E-state index contributed by atoms with van der Waals surface area (Å²) in [7, 11) is 0. The molecule has 1 saturated heterocycles. The van der Waals surface area contributed by atoms with Gasteiger partial charge in [0.2, 0.25) is 0 Å². The summed E-state index contributed by atoms with van der Waals surface area (Å²) in [6.07, 6.45) is 1.98. The van der Waals surface area contributed by atoms with E-state index < -0.39 is 0 Å². The van der Waals surface area contributed by atoms with Crippen LogP contribution in [0.15, 0.2) is 12.1 Å². The molecule has 1 amide bonds. The molecule has 0 unspecified atom stereocenters. The minimum absolute atomic E-state index is 0.0245. The lowest BCUT2D eigenvalue weighted by atomic mass is 9.82. The number of hydrogen-bond donors (Lipinski definition) is 2. The van der Waals surface area contributed by atoms with Gasteiger partial charge in [-0.3, -0.25) is 4.79 Å². The van der Waals surface area contributed by atoms with Crippen molar-refractivity contribution in [2.75, 3.05) is 26.3 Å². The third kappa shape index (κ3) is 4.07. The minimum Gasteiger partial charge on any atom is -0.381 e. The summed E-state index contributed by atoms with van der Waals surface area (Å²) in [5.41, 5.74) is 5.48. The quantitative estimate of drug-likeness (QED) is 0.832. The first-order chi connectivity index (χ1) is 9.63. The second-order valence-corrected chi connectivity index (χ2v) is 6.36. The number of amides is 1. The van der Waals surface area contributed by atoms with Gasteiger partial charge < -0.3 is 15.8 Å². The molecule has 0 aliphatic carbocycles. The van der Waals surface area contributed by atoms with Crippen molar-refractivity contribution in [3.8, 4) is 11.8 Å². The van der Waals surface area contributed by atoms with Gasteiger partial charge in [0, 0.05) is 19.8 Å². The van der Waals surface area contributed by atoms with E-state index in [2.05, 4.69) is 24.1 Å². The zero-order valence-corrected chi connectivity index (χ0v) is 12.5. The molecule has 0 aromatic carbocycles. The Morgan fingerprint density at radius 3 is 2.95 bits per heavy atom. The molecule has 2 rings (SSSR count). The predicted octanol–water partition coefficient (Wildman–Crippen LogP) is 1.60. The van der Waals surface area contributed by atoms with E-state index in [9.17, 15) is 4.79 Å². The number of hydrogen-bond acceptors (Lipinski definition) is 4. The number of rotatable bonds is 3. The van der Waals surface area contributed by atoms with Crippen LogP contribution in [0.5, 0.6) is 0 Å². The molecule has 20 heavy (non-hydrogen) atoms. The summed E-state index contributed by atoms with van der Waals surface area (Å²) < 4.78 is 5.36. The molecule has 2 heterocycles. The van der Waals surface area contributed by atoms with Gasteiger partial charge >= 0.3 is 0 Å². The van der Waals surface area contributed by atoms with Gasteiger partial charge in [0.15, 0.2) is 0 Å². The van der Waals surface area contributed by atoms with Crippen LogP contribution in [-0.4, -0.2) is 32.2 Å². The van der Waals surface area contributed by atoms with Crippen LogP contribution in [0.4, 0.5) is 0 Å². The normalized spacial score (nSPS) is 17.1. The third-order valence-electron chi connectivity index (χ3n) is 3.52. The van der Waals surface area contributed by atoms with Gasteiger partial charge in [-0.05, 0) is 30.4 Å².